The van der Waals surface area contributed by atoms with Gasteiger partial charge < -0.3 is 4.74 Å². The number of hydrazone groups is 1. The van der Waals surface area contributed by atoms with Crippen LogP contribution in [0.25, 0.3) is 0 Å². The standard InChI is InChI=1S/C16H24N2O2/c1-3-5-6-7-8-13-17-18-16(19)14-9-11-15(12-10-14)20-4-2/h9-13H,3-8H2,1-2H3,(H,18,19). The fraction of sp³-hybridized carbons (Fsp3) is 0.500. The summed E-state index contributed by atoms with van der Waals surface area (Å²) in [6.45, 7) is 4.73. The highest BCUT2D eigenvalue weighted by atomic mass is 16.5. The highest BCUT2D eigenvalue weighted by Crippen LogP contribution is 2.11. The van der Waals surface area contributed by atoms with Crippen molar-refractivity contribution < 1.29 is 9.53 Å². The molecular formula is C16H24N2O2. The van der Waals surface area contributed by atoms with Crippen LogP contribution in [0, 0.1) is 0 Å². The van der Waals surface area contributed by atoms with Crippen molar-refractivity contribution in [2.75, 3.05) is 6.61 Å². The first-order chi connectivity index (χ1) is 9.77. The highest BCUT2D eigenvalue weighted by Gasteiger charge is 2.03. The Kier molecular flexibility index (Phi) is 8.11. The van der Waals surface area contributed by atoms with Gasteiger partial charge in [-0.25, -0.2) is 5.43 Å². The Morgan fingerprint density at radius 3 is 2.60 bits per heavy atom. The minimum Gasteiger partial charge on any atom is -0.494 e. The Labute approximate surface area is 121 Å². The molecule has 4 heteroatoms. The summed E-state index contributed by atoms with van der Waals surface area (Å²) in [6, 6.07) is 7.04. The summed E-state index contributed by atoms with van der Waals surface area (Å²) in [7, 11) is 0. The third-order valence-electron chi connectivity index (χ3n) is 2.87. The fourth-order valence-corrected chi connectivity index (χ4v) is 1.76. The summed E-state index contributed by atoms with van der Waals surface area (Å²) < 4.78 is 5.32. The van der Waals surface area contributed by atoms with Crippen molar-refractivity contribution in [2.24, 2.45) is 5.10 Å². The topological polar surface area (TPSA) is 50.7 Å². The van der Waals surface area contributed by atoms with E-state index in [2.05, 4.69) is 17.5 Å². The molecule has 20 heavy (non-hydrogen) atoms. The molecule has 110 valence electrons. The van der Waals surface area contributed by atoms with Crippen molar-refractivity contribution in [3.05, 3.63) is 29.8 Å². The molecule has 0 saturated carbocycles. The SMILES string of the molecule is CCCCCCC=NNC(=O)c1ccc(OCC)cc1. The number of carbonyl (C=O) groups is 1. The predicted molar refractivity (Wildman–Crippen MR) is 82.3 cm³/mol. The van der Waals surface area contributed by atoms with Crippen LogP contribution in [0.4, 0.5) is 0 Å². The van der Waals surface area contributed by atoms with Crippen LogP contribution in [0.3, 0.4) is 0 Å². The number of amides is 1. The van der Waals surface area contributed by atoms with Crippen LogP contribution in [-0.4, -0.2) is 18.7 Å². The third-order valence-corrected chi connectivity index (χ3v) is 2.87. The van der Waals surface area contributed by atoms with E-state index in [1.54, 1.807) is 30.5 Å². The summed E-state index contributed by atoms with van der Waals surface area (Å²) in [4.78, 5) is 11.8. The normalized spacial score (nSPS) is 10.7. The molecule has 1 aromatic rings. The first-order valence-corrected chi connectivity index (χ1v) is 7.32. The molecule has 4 nitrogen and oxygen atoms in total. The van der Waals surface area contributed by atoms with Crippen LogP contribution in [0.15, 0.2) is 29.4 Å². The van der Waals surface area contributed by atoms with Gasteiger partial charge in [0, 0.05) is 11.8 Å². The van der Waals surface area contributed by atoms with Gasteiger partial charge in [-0.2, -0.15) is 5.10 Å². The van der Waals surface area contributed by atoms with Crippen molar-refractivity contribution in [3.8, 4) is 5.75 Å². The van der Waals surface area contributed by atoms with Gasteiger partial charge in [0.15, 0.2) is 0 Å². The molecule has 1 N–H and O–H groups in total. The van der Waals surface area contributed by atoms with Gasteiger partial charge in [-0.05, 0) is 44.0 Å². The van der Waals surface area contributed by atoms with Crippen LogP contribution in [-0.2, 0) is 0 Å². The first kappa shape index (κ1) is 16.2. The van der Waals surface area contributed by atoms with Gasteiger partial charge in [0.25, 0.3) is 5.91 Å². The van der Waals surface area contributed by atoms with E-state index in [-0.39, 0.29) is 5.91 Å². The smallest absolute Gasteiger partial charge is 0.271 e. The minimum absolute atomic E-state index is 0.196. The number of hydrogen-bond acceptors (Lipinski definition) is 3. The quantitative estimate of drug-likeness (QED) is 0.424. The summed E-state index contributed by atoms with van der Waals surface area (Å²) in [5.41, 5.74) is 3.11. The van der Waals surface area contributed by atoms with Crippen molar-refractivity contribution in [2.45, 2.75) is 46.0 Å². The van der Waals surface area contributed by atoms with E-state index in [1.165, 1.54) is 19.3 Å². The second kappa shape index (κ2) is 10.0. The molecule has 0 aromatic heterocycles. The van der Waals surface area contributed by atoms with E-state index in [0.29, 0.717) is 12.2 Å². The number of benzene rings is 1. The van der Waals surface area contributed by atoms with Crippen LogP contribution < -0.4 is 10.2 Å². The first-order valence-electron chi connectivity index (χ1n) is 7.32. The van der Waals surface area contributed by atoms with Crippen LogP contribution in [0.5, 0.6) is 5.75 Å². The average molecular weight is 276 g/mol. The van der Waals surface area contributed by atoms with Crippen molar-refractivity contribution >= 4 is 12.1 Å². The van der Waals surface area contributed by atoms with E-state index in [1.807, 2.05) is 6.92 Å². The van der Waals surface area contributed by atoms with Gasteiger partial charge in [0.05, 0.1) is 6.61 Å². The molecule has 0 fully saturated rings. The predicted octanol–water partition coefficient (Wildman–Crippen LogP) is 3.77. The molecule has 0 atom stereocenters. The molecule has 0 radical (unpaired) electrons. The molecule has 0 heterocycles. The summed E-state index contributed by atoms with van der Waals surface area (Å²) in [5, 5.41) is 3.95. The number of unbranched alkanes of at least 4 members (excludes halogenated alkanes) is 4. The molecule has 1 aromatic carbocycles. The molecular weight excluding hydrogens is 252 g/mol. The molecule has 0 aliphatic carbocycles. The van der Waals surface area contributed by atoms with Gasteiger partial charge in [-0.1, -0.05) is 26.2 Å². The third kappa shape index (κ3) is 6.36. The molecule has 1 rings (SSSR count). The zero-order valence-corrected chi connectivity index (χ0v) is 12.4. The largest absolute Gasteiger partial charge is 0.494 e. The Morgan fingerprint density at radius 2 is 1.95 bits per heavy atom. The second-order valence-corrected chi connectivity index (χ2v) is 4.56. The summed E-state index contributed by atoms with van der Waals surface area (Å²) in [6.07, 6.45) is 7.50. The number of hydrogen-bond donors (Lipinski definition) is 1. The summed E-state index contributed by atoms with van der Waals surface area (Å²) in [5.74, 6) is 0.571. The van der Waals surface area contributed by atoms with Gasteiger partial charge in [-0.15, -0.1) is 0 Å². The molecule has 1 amide bonds. The molecule has 0 bridgehead atoms. The van der Waals surface area contributed by atoms with Gasteiger partial charge >= 0.3 is 0 Å². The highest BCUT2D eigenvalue weighted by molar-refractivity contribution is 5.94. The number of ether oxygens (including phenoxy) is 1. The van der Waals surface area contributed by atoms with Gasteiger partial charge in [0.1, 0.15) is 5.75 Å². The lowest BCUT2D eigenvalue weighted by Crippen LogP contribution is -2.17. The zero-order valence-electron chi connectivity index (χ0n) is 12.4. The minimum atomic E-state index is -0.196. The van der Waals surface area contributed by atoms with E-state index >= 15 is 0 Å². The molecule has 0 saturated heterocycles. The Morgan fingerprint density at radius 1 is 1.20 bits per heavy atom. The van der Waals surface area contributed by atoms with E-state index in [9.17, 15) is 4.79 Å². The molecule has 0 aliphatic heterocycles. The maximum Gasteiger partial charge on any atom is 0.271 e. The number of rotatable bonds is 9. The Bertz CT molecular complexity index is 413. The lowest BCUT2D eigenvalue weighted by atomic mass is 10.2. The Balaban J connectivity index is 2.29. The van der Waals surface area contributed by atoms with Crippen LogP contribution in [0.2, 0.25) is 0 Å². The maximum atomic E-state index is 11.8. The zero-order chi connectivity index (χ0) is 14.6. The van der Waals surface area contributed by atoms with Crippen molar-refractivity contribution in [3.63, 3.8) is 0 Å². The lowest BCUT2D eigenvalue weighted by Gasteiger charge is -2.03. The summed E-state index contributed by atoms with van der Waals surface area (Å²) >= 11 is 0. The lowest BCUT2D eigenvalue weighted by molar-refractivity contribution is 0.0955. The van der Waals surface area contributed by atoms with E-state index in [0.717, 1.165) is 18.6 Å². The number of carbonyl (C=O) groups excluding carboxylic acids is 1. The van der Waals surface area contributed by atoms with E-state index < -0.39 is 0 Å². The number of nitrogens with one attached hydrogen (secondary N) is 1. The van der Waals surface area contributed by atoms with Crippen molar-refractivity contribution in [1.82, 2.24) is 5.43 Å². The molecule has 0 aliphatic rings. The molecule has 0 spiro atoms. The maximum absolute atomic E-state index is 11.8. The second-order valence-electron chi connectivity index (χ2n) is 4.56. The van der Waals surface area contributed by atoms with E-state index in [4.69, 9.17) is 4.74 Å². The monoisotopic (exact) mass is 276 g/mol. The van der Waals surface area contributed by atoms with Gasteiger partial charge in [0.2, 0.25) is 0 Å². The fourth-order valence-electron chi connectivity index (χ4n) is 1.76. The van der Waals surface area contributed by atoms with Crippen LogP contribution in [0.1, 0.15) is 56.3 Å². The Hall–Kier alpha value is -1.84. The van der Waals surface area contributed by atoms with Crippen molar-refractivity contribution in [1.29, 1.82) is 0 Å². The van der Waals surface area contributed by atoms with Crippen LogP contribution >= 0.6 is 0 Å². The molecule has 0 unspecified atom stereocenters. The number of nitrogens with zero attached hydrogens (tertiary/aromatic N) is 1. The average Bonchev–Trinajstić information content (AvgIpc) is 2.47. The van der Waals surface area contributed by atoms with Gasteiger partial charge in [-0.3, -0.25) is 4.79 Å².